The maximum atomic E-state index is 8.95. The fraction of sp³-hybridized carbons (Fsp3) is 0.600. The average molecular weight is 251 g/mol. The minimum atomic E-state index is 0.252. The van der Waals surface area contributed by atoms with Crippen LogP contribution in [0.25, 0.3) is 0 Å². The van der Waals surface area contributed by atoms with Gasteiger partial charge in [-0.15, -0.1) is 0 Å². The Labute approximate surface area is 110 Å². The molecule has 0 aliphatic carbocycles. The smallest absolute Gasteiger partial charge is 0.118 e. The largest absolute Gasteiger partial charge is 0.497 e. The van der Waals surface area contributed by atoms with Crippen LogP contribution in [0.4, 0.5) is 0 Å². The van der Waals surface area contributed by atoms with Crippen LogP contribution >= 0.6 is 0 Å². The topological polar surface area (TPSA) is 41.5 Å². The molecular weight excluding hydrogens is 226 g/mol. The lowest BCUT2D eigenvalue weighted by Gasteiger charge is -2.19. The summed E-state index contributed by atoms with van der Waals surface area (Å²) in [7, 11) is 1.68. The second kappa shape index (κ2) is 8.11. The monoisotopic (exact) mass is 251 g/mol. The molecule has 0 aliphatic rings. The van der Waals surface area contributed by atoms with Crippen LogP contribution in [-0.4, -0.2) is 31.4 Å². The SMILES string of the molecule is CCC(CCO)NCC(C)c1ccc(OC)cc1. The number of aliphatic hydroxyl groups excluding tert-OH is 1. The van der Waals surface area contributed by atoms with E-state index >= 15 is 0 Å². The Morgan fingerprint density at radius 2 is 1.94 bits per heavy atom. The molecule has 0 heterocycles. The highest BCUT2D eigenvalue weighted by Gasteiger charge is 2.09. The van der Waals surface area contributed by atoms with E-state index in [4.69, 9.17) is 9.84 Å². The van der Waals surface area contributed by atoms with Crippen LogP contribution in [0.15, 0.2) is 24.3 Å². The third kappa shape index (κ3) is 4.67. The maximum absolute atomic E-state index is 8.95. The van der Waals surface area contributed by atoms with Gasteiger partial charge in [0.2, 0.25) is 0 Å². The molecule has 0 radical (unpaired) electrons. The van der Waals surface area contributed by atoms with Gasteiger partial charge in [0.05, 0.1) is 7.11 Å². The molecule has 0 aliphatic heterocycles. The fourth-order valence-corrected chi connectivity index (χ4v) is 2.00. The molecule has 0 spiro atoms. The molecular formula is C15H25NO2. The molecule has 0 saturated carbocycles. The van der Waals surface area contributed by atoms with E-state index in [0.717, 1.165) is 25.1 Å². The van der Waals surface area contributed by atoms with Crippen molar-refractivity contribution >= 4 is 0 Å². The van der Waals surface area contributed by atoms with Crippen molar-refractivity contribution in [3.8, 4) is 5.75 Å². The fourth-order valence-electron chi connectivity index (χ4n) is 2.00. The predicted octanol–water partition coefficient (Wildman–Crippen LogP) is 2.55. The van der Waals surface area contributed by atoms with Crippen molar-refractivity contribution in [2.45, 2.75) is 38.6 Å². The van der Waals surface area contributed by atoms with Crippen LogP contribution in [0.1, 0.15) is 38.2 Å². The van der Waals surface area contributed by atoms with E-state index in [0.29, 0.717) is 12.0 Å². The van der Waals surface area contributed by atoms with Crippen molar-refractivity contribution in [2.75, 3.05) is 20.3 Å². The van der Waals surface area contributed by atoms with Crippen LogP contribution in [0, 0.1) is 0 Å². The van der Waals surface area contributed by atoms with E-state index in [9.17, 15) is 0 Å². The number of methoxy groups -OCH3 is 1. The van der Waals surface area contributed by atoms with Crippen molar-refractivity contribution in [1.29, 1.82) is 0 Å². The van der Waals surface area contributed by atoms with Crippen LogP contribution in [0.5, 0.6) is 5.75 Å². The first-order chi connectivity index (χ1) is 8.71. The zero-order chi connectivity index (χ0) is 13.4. The van der Waals surface area contributed by atoms with Crippen LogP contribution in [-0.2, 0) is 0 Å². The second-order valence-corrected chi connectivity index (χ2v) is 4.70. The Morgan fingerprint density at radius 3 is 2.44 bits per heavy atom. The summed E-state index contributed by atoms with van der Waals surface area (Å²) in [4.78, 5) is 0. The van der Waals surface area contributed by atoms with Crippen LogP contribution in [0.3, 0.4) is 0 Å². The summed E-state index contributed by atoms with van der Waals surface area (Å²) in [6.45, 7) is 5.54. The van der Waals surface area contributed by atoms with E-state index in [-0.39, 0.29) is 6.61 Å². The molecule has 0 bridgehead atoms. The number of hydrogen-bond donors (Lipinski definition) is 2. The van der Waals surface area contributed by atoms with Gasteiger partial charge in [-0.25, -0.2) is 0 Å². The zero-order valence-corrected chi connectivity index (χ0v) is 11.6. The summed E-state index contributed by atoms with van der Waals surface area (Å²) < 4.78 is 5.15. The zero-order valence-electron chi connectivity index (χ0n) is 11.6. The number of nitrogens with one attached hydrogen (secondary N) is 1. The van der Waals surface area contributed by atoms with E-state index in [2.05, 4.69) is 31.3 Å². The molecule has 1 rings (SSSR count). The van der Waals surface area contributed by atoms with Gasteiger partial charge in [0.15, 0.2) is 0 Å². The van der Waals surface area contributed by atoms with Crippen LogP contribution < -0.4 is 10.1 Å². The number of hydrogen-bond acceptors (Lipinski definition) is 3. The first kappa shape index (κ1) is 15.0. The van der Waals surface area contributed by atoms with E-state index < -0.39 is 0 Å². The number of ether oxygens (including phenoxy) is 1. The van der Waals surface area contributed by atoms with Gasteiger partial charge >= 0.3 is 0 Å². The first-order valence-corrected chi connectivity index (χ1v) is 6.69. The number of aliphatic hydroxyl groups is 1. The molecule has 3 nitrogen and oxygen atoms in total. The number of rotatable bonds is 8. The molecule has 0 amide bonds. The predicted molar refractivity (Wildman–Crippen MR) is 75.2 cm³/mol. The first-order valence-electron chi connectivity index (χ1n) is 6.69. The highest BCUT2D eigenvalue weighted by atomic mass is 16.5. The Bertz CT molecular complexity index is 324. The third-order valence-electron chi connectivity index (χ3n) is 3.37. The Kier molecular flexibility index (Phi) is 6.76. The molecule has 18 heavy (non-hydrogen) atoms. The Hall–Kier alpha value is -1.06. The molecule has 0 saturated heterocycles. The summed E-state index contributed by atoms with van der Waals surface area (Å²) in [6.07, 6.45) is 1.88. The van der Waals surface area contributed by atoms with Gasteiger partial charge in [-0.1, -0.05) is 26.0 Å². The molecule has 1 aromatic carbocycles. The van der Waals surface area contributed by atoms with Crippen molar-refractivity contribution in [3.05, 3.63) is 29.8 Å². The minimum absolute atomic E-state index is 0.252. The molecule has 0 aromatic heterocycles. The molecule has 2 unspecified atom stereocenters. The molecule has 102 valence electrons. The molecule has 2 atom stereocenters. The third-order valence-corrected chi connectivity index (χ3v) is 3.37. The average Bonchev–Trinajstić information content (AvgIpc) is 2.43. The summed E-state index contributed by atoms with van der Waals surface area (Å²) in [5, 5.41) is 12.5. The van der Waals surface area contributed by atoms with Gasteiger partial charge in [0.1, 0.15) is 5.75 Å². The summed E-state index contributed by atoms with van der Waals surface area (Å²) >= 11 is 0. The van der Waals surface area contributed by atoms with E-state index in [1.807, 2.05) is 12.1 Å². The highest BCUT2D eigenvalue weighted by molar-refractivity contribution is 5.29. The molecule has 2 N–H and O–H groups in total. The standard InChI is InChI=1S/C15H25NO2/c1-4-14(9-10-17)16-11-12(2)13-5-7-15(18-3)8-6-13/h5-8,12,14,16-17H,4,9-11H2,1-3H3. The molecule has 3 heteroatoms. The van der Waals surface area contributed by atoms with Gasteiger partial charge in [0.25, 0.3) is 0 Å². The molecule has 0 fully saturated rings. The van der Waals surface area contributed by atoms with Gasteiger partial charge in [-0.3, -0.25) is 0 Å². The van der Waals surface area contributed by atoms with Crippen molar-refractivity contribution < 1.29 is 9.84 Å². The number of benzene rings is 1. The van der Waals surface area contributed by atoms with Crippen molar-refractivity contribution in [3.63, 3.8) is 0 Å². The van der Waals surface area contributed by atoms with Crippen molar-refractivity contribution in [2.24, 2.45) is 0 Å². The lowest BCUT2D eigenvalue weighted by molar-refractivity contribution is 0.261. The van der Waals surface area contributed by atoms with Crippen LogP contribution in [0.2, 0.25) is 0 Å². The van der Waals surface area contributed by atoms with Gasteiger partial charge < -0.3 is 15.2 Å². The highest BCUT2D eigenvalue weighted by Crippen LogP contribution is 2.18. The van der Waals surface area contributed by atoms with E-state index in [1.165, 1.54) is 5.56 Å². The normalized spacial score (nSPS) is 14.2. The van der Waals surface area contributed by atoms with Crippen molar-refractivity contribution in [1.82, 2.24) is 5.32 Å². The van der Waals surface area contributed by atoms with E-state index in [1.54, 1.807) is 7.11 Å². The lowest BCUT2D eigenvalue weighted by atomic mass is 10.0. The quantitative estimate of drug-likeness (QED) is 0.746. The van der Waals surface area contributed by atoms with Gasteiger partial charge in [-0.05, 0) is 36.5 Å². The van der Waals surface area contributed by atoms with Gasteiger partial charge in [-0.2, -0.15) is 0 Å². The summed E-state index contributed by atoms with van der Waals surface area (Å²) in [5.74, 6) is 1.36. The summed E-state index contributed by atoms with van der Waals surface area (Å²) in [6, 6.07) is 8.63. The lowest BCUT2D eigenvalue weighted by Crippen LogP contribution is -2.32. The molecule has 1 aromatic rings. The Morgan fingerprint density at radius 1 is 1.28 bits per heavy atom. The Balaban J connectivity index is 2.45. The maximum Gasteiger partial charge on any atom is 0.118 e. The second-order valence-electron chi connectivity index (χ2n) is 4.70. The minimum Gasteiger partial charge on any atom is -0.497 e. The summed E-state index contributed by atoms with van der Waals surface area (Å²) in [5.41, 5.74) is 1.31. The van der Waals surface area contributed by atoms with Gasteiger partial charge in [0, 0.05) is 19.2 Å².